The van der Waals surface area contributed by atoms with Gasteiger partial charge in [-0.25, -0.2) is 18.1 Å². The first-order valence-electron chi connectivity index (χ1n) is 6.77. The Labute approximate surface area is 129 Å². The molecular weight excluding hydrogens is 298 g/mol. The van der Waals surface area contributed by atoms with Crippen LogP contribution in [0.1, 0.15) is 5.56 Å². The molecule has 0 radical (unpaired) electrons. The molecule has 22 heavy (non-hydrogen) atoms. The SMILES string of the molecule is O=S(=O)(NCc1ccc(-n2ccnc2)cc1)c1ccccc1. The first-order chi connectivity index (χ1) is 10.6. The number of benzene rings is 2. The minimum atomic E-state index is -3.48. The molecule has 0 unspecified atom stereocenters. The maximum Gasteiger partial charge on any atom is 0.240 e. The van der Waals surface area contributed by atoms with E-state index >= 15 is 0 Å². The molecule has 3 aromatic rings. The predicted octanol–water partition coefficient (Wildman–Crippen LogP) is 2.35. The molecule has 0 bridgehead atoms. The smallest absolute Gasteiger partial charge is 0.240 e. The number of imidazole rings is 1. The predicted molar refractivity (Wildman–Crippen MR) is 84.0 cm³/mol. The highest BCUT2D eigenvalue weighted by Gasteiger charge is 2.12. The zero-order chi connectivity index (χ0) is 15.4. The van der Waals surface area contributed by atoms with E-state index in [1.807, 2.05) is 35.0 Å². The van der Waals surface area contributed by atoms with Gasteiger partial charge in [0.25, 0.3) is 0 Å². The number of rotatable bonds is 5. The summed E-state index contributed by atoms with van der Waals surface area (Å²) >= 11 is 0. The van der Waals surface area contributed by atoms with Crippen molar-refractivity contribution >= 4 is 10.0 Å². The van der Waals surface area contributed by atoms with Gasteiger partial charge >= 0.3 is 0 Å². The maximum atomic E-state index is 12.1. The van der Waals surface area contributed by atoms with Crippen molar-refractivity contribution in [2.75, 3.05) is 0 Å². The van der Waals surface area contributed by atoms with Crippen molar-refractivity contribution in [3.63, 3.8) is 0 Å². The van der Waals surface area contributed by atoms with Crippen LogP contribution in [-0.4, -0.2) is 18.0 Å². The standard InChI is InChI=1S/C16H15N3O2S/c20-22(21,16-4-2-1-3-5-16)18-12-14-6-8-15(9-7-14)19-11-10-17-13-19/h1-11,13,18H,12H2. The molecule has 0 saturated heterocycles. The zero-order valence-electron chi connectivity index (χ0n) is 11.8. The fraction of sp³-hybridized carbons (Fsp3) is 0.0625. The van der Waals surface area contributed by atoms with Gasteiger partial charge in [-0.1, -0.05) is 30.3 Å². The van der Waals surface area contributed by atoms with Gasteiger partial charge in [-0.05, 0) is 29.8 Å². The molecule has 6 heteroatoms. The molecule has 0 aliphatic rings. The van der Waals surface area contributed by atoms with Gasteiger partial charge in [-0.15, -0.1) is 0 Å². The minimum Gasteiger partial charge on any atom is -0.306 e. The van der Waals surface area contributed by atoms with Crippen LogP contribution < -0.4 is 4.72 Å². The number of aromatic nitrogens is 2. The maximum absolute atomic E-state index is 12.1. The normalized spacial score (nSPS) is 11.5. The average molecular weight is 313 g/mol. The number of hydrogen-bond acceptors (Lipinski definition) is 3. The molecule has 0 atom stereocenters. The molecule has 0 spiro atoms. The zero-order valence-corrected chi connectivity index (χ0v) is 12.6. The van der Waals surface area contributed by atoms with Crippen LogP contribution in [0.5, 0.6) is 0 Å². The number of hydrogen-bond donors (Lipinski definition) is 1. The number of nitrogens with zero attached hydrogens (tertiary/aromatic N) is 2. The Morgan fingerprint density at radius 2 is 1.73 bits per heavy atom. The molecule has 1 aromatic heterocycles. The van der Waals surface area contributed by atoms with E-state index in [-0.39, 0.29) is 11.4 Å². The minimum absolute atomic E-state index is 0.251. The Morgan fingerprint density at radius 3 is 2.36 bits per heavy atom. The van der Waals surface area contributed by atoms with Gasteiger partial charge in [-0.3, -0.25) is 0 Å². The molecule has 3 rings (SSSR count). The highest BCUT2D eigenvalue weighted by atomic mass is 32.2. The fourth-order valence-corrected chi connectivity index (χ4v) is 3.10. The van der Waals surface area contributed by atoms with E-state index in [4.69, 9.17) is 0 Å². The van der Waals surface area contributed by atoms with Crippen LogP contribution in [0.2, 0.25) is 0 Å². The van der Waals surface area contributed by atoms with Crippen molar-refractivity contribution in [2.45, 2.75) is 11.4 Å². The Kier molecular flexibility index (Phi) is 4.04. The third-order valence-corrected chi connectivity index (χ3v) is 4.68. The van der Waals surface area contributed by atoms with Crippen molar-refractivity contribution in [1.29, 1.82) is 0 Å². The van der Waals surface area contributed by atoms with E-state index in [0.29, 0.717) is 0 Å². The second-order valence-corrected chi connectivity index (χ2v) is 6.54. The third kappa shape index (κ3) is 3.24. The van der Waals surface area contributed by atoms with E-state index in [1.54, 1.807) is 42.9 Å². The van der Waals surface area contributed by atoms with Crippen LogP contribution in [0.4, 0.5) is 0 Å². The van der Waals surface area contributed by atoms with Gasteiger partial charge in [0.2, 0.25) is 10.0 Å². The van der Waals surface area contributed by atoms with Crippen molar-refractivity contribution in [3.8, 4) is 5.69 Å². The van der Waals surface area contributed by atoms with Gasteiger partial charge in [0, 0.05) is 24.6 Å². The van der Waals surface area contributed by atoms with Crippen molar-refractivity contribution in [2.24, 2.45) is 0 Å². The van der Waals surface area contributed by atoms with Gasteiger partial charge in [0.15, 0.2) is 0 Å². The summed E-state index contributed by atoms with van der Waals surface area (Å²) < 4.78 is 28.8. The molecule has 1 N–H and O–H groups in total. The summed E-state index contributed by atoms with van der Waals surface area (Å²) in [5.41, 5.74) is 1.87. The monoisotopic (exact) mass is 313 g/mol. The van der Waals surface area contributed by atoms with Gasteiger partial charge in [0.1, 0.15) is 0 Å². The number of nitrogens with one attached hydrogen (secondary N) is 1. The summed E-state index contributed by atoms with van der Waals surface area (Å²) in [4.78, 5) is 4.26. The first-order valence-corrected chi connectivity index (χ1v) is 8.25. The van der Waals surface area contributed by atoms with Gasteiger partial charge in [0.05, 0.1) is 11.2 Å². The van der Waals surface area contributed by atoms with Crippen molar-refractivity contribution in [3.05, 3.63) is 78.9 Å². The molecule has 1 heterocycles. The van der Waals surface area contributed by atoms with Crippen LogP contribution in [0.25, 0.3) is 5.69 Å². The number of sulfonamides is 1. The molecule has 112 valence electrons. The van der Waals surface area contributed by atoms with Crippen molar-refractivity contribution in [1.82, 2.24) is 14.3 Å². The Bertz CT molecular complexity index is 827. The Balaban J connectivity index is 1.69. The summed E-state index contributed by atoms with van der Waals surface area (Å²) in [6.07, 6.45) is 5.28. The largest absolute Gasteiger partial charge is 0.306 e. The highest BCUT2D eigenvalue weighted by Crippen LogP contribution is 2.11. The summed E-state index contributed by atoms with van der Waals surface area (Å²) in [6.45, 7) is 0.251. The van der Waals surface area contributed by atoms with E-state index in [2.05, 4.69) is 9.71 Å². The molecule has 0 saturated carbocycles. The van der Waals surface area contributed by atoms with E-state index in [1.165, 1.54) is 0 Å². The van der Waals surface area contributed by atoms with Crippen LogP contribution in [0.15, 0.2) is 78.2 Å². The Hall–Kier alpha value is -2.44. The second kappa shape index (κ2) is 6.13. The van der Waals surface area contributed by atoms with Crippen LogP contribution in [-0.2, 0) is 16.6 Å². The summed E-state index contributed by atoms with van der Waals surface area (Å²) in [5.74, 6) is 0. The molecular formula is C16H15N3O2S. The lowest BCUT2D eigenvalue weighted by atomic mass is 10.2. The van der Waals surface area contributed by atoms with E-state index in [0.717, 1.165) is 11.3 Å². The van der Waals surface area contributed by atoms with Crippen molar-refractivity contribution < 1.29 is 8.42 Å². The lowest BCUT2D eigenvalue weighted by molar-refractivity contribution is 0.581. The van der Waals surface area contributed by atoms with E-state index < -0.39 is 10.0 Å². The molecule has 0 amide bonds. The van der Waals surface area contributed by atoms with Crippen LogP contribution >= 0.6 is 0 Å². The Morgan fingerprint density at radius 1 is 1.00 bits per heavy atom. The third-order valence-electron chi connectivity index (χ3n) is 3.26. The summed E-state index contributed by atoms with van der Waals surface area (Å²) in [6, 6.07) is 16.0. The second-order valence-electron chi connectivity index (χ2n) is 4.77. The summed E-state index contributed by atoms with van der Waals surface area (Å²) in [7, 11) is -3.48. The topological polar surface area (TPSA) is 64.0 Å². The van der Waals surface area contributed by atoms with E-state index in [9.17, 15) is 8.42 Å². The molecule has 5 nitrogen and oxygen atoms in total. The highest BCUT2D eigenvalue weighted by molar-refractivity contribution is 7.89. The average Bonchev–Trinajstić information content (AvgIpc) is 3.09. The van der Waals surface area contributed by atoms with Gasteiger partial charge in [-0.2, -0.15) is 0 Å². The summed E-state index contributed by atoms with van der Waals surface area (Å²) in [5, 5.41) is 0. The van der Waals surface area contributed by atoms with Crippen LogP contribution in [0, 0.1) is 0 Å². The quantitative estimate of drug-likeness (QED) is 0.786. The molecule has 0 fully saturated rings. The lowest BCUT2D eigenvalue weighted by Crippen LogP contribution is -2.23. The van der Waals surface area contributed by atoms with Gasteiger partial charge < -0.3 is 4.57 Å². The first kappa shape index (κ1) is 14.5. The fourth-order valence-electron chi connectivity index (χ4n) is 2.06. The molecule has 0 aliphatic heterocycles. The van der Waals surface area contributed by atoms with Crippen LogP contribution in [0.3, 0.4) is 0 Å². The molecule has 2 aromatic carbocycles. The lowest BCUT2D eigenvalue weighted by Gasteiger charge is -2.08. The molecule has 0 aliphatic carbocycles.